The standard InChI is InChI=1S/C15H21N3O3/c1-11(12-4-2-6-14(10-12)18(20)21)15(19)17-9-7-13-5-3-8-16-13/h2,4,6,10-11,13,16H,3,5,7-9H2,1H3,(H,17,19)/t11?,13-/m1/s1. The summed E-state index contributed by atoms with van der Waals surface area (Å²) in [6.07, 6.45) is 3.28. The van der Waals surface area contributed by atoms with E-state index in [1.807, 2.05) is 0 Å². The zero-order valence-corrected chi connectivity index (χ0v) is 12.2. The van der Waals surface area contributed by atoms with Crippen LogP contribution in [0.3, 0.4) is 0 Å². The fourth-order valence-electron chi connectivity index (χ4n) is 2.58. The summed E-state index contributed by atoms with van der Waals surface area (Å²) >= 11 is 0. The number of carbonyl (C=O) groups is 1. The number of amides is 1. The highest BCUT2D eigenvalue weighted by Crippen LogP contribution is 2.20. The van der Waals surface area contributed by atoms with Crippen molar-refractivity contribution in [1.82, 2.24) is 10.6 Å². The number of hydrogen-bond acceptors (Lipinski definition) is 4. The van der Waals surface area contributed by atoms with Crippen LogP contribution in [0, 0.1) is 10.1 Å². The number of hydrogen-bond donors (Lipinski definition) is 2. The molecule has 0 aliphatic carbocycles. The van der Waals surface area contributed by atoms with Crippen LogP contribution < -0.4 is 10.6 Å². The fraction of sp³-hybridized carbons (Fsp3) is 0.533. The summed E-state index contributed by atoms with van der Waals surface area (Å²) in [6.45, 7) is 3.46. The van der Waals surface area contributed by atoms with Gasteiger partial charge in [0, 0.05) is 24.7 Å². The fourth-order valence-corrected chi connectivity index (χ4v) is 2.58. The second-order valence-corrected chi connectivity index (χ2v) is 5.45. The number of nitro groups is 1. The van der Waals surface area contributed by atoms with Gasteiger partial charge in [0.2, 0.25) is 5.91 Å². The molecule has 1 saturated heterocycles. The maximum atomic E-state index is 12.1. The van der Waals surface area contributed by atoms with Crippen LogP contribution in [0.4, 0.5) is 5.69 Å². The van der Waals surface area contributed by atoms with Crippen molar-refractivity contribution in [2.75, 3.05) is 13.1 Å². The highest BCUT2D eigenvalue weighted by atomic mass is 16.6. The van der Waals surface area contributed by atoms with E-state index in [0.29, 0.717) is 18.2 Å². The zero-order chi connectivity index (χ0) is 15.2. The van der Waals surface area contributed by atoms with Crippen LogP contribution in [0.1, 0.15) is 37.7 Å². The molecule has 1 aromatic rings. The molecule has 2 rings (SSSR count). The van der Waals surface area contributed by atoms with E-state index in [-0.39, 0.29) is 17.5 Å². The Morgan fingerprint density at radius 1 is 1.57 bits per heavy atom. The van der Waals surface area contributed by atoms with E-state index in [1.165, 1.54) is 18.6 Å². The van der Waals surface area contributed by atoms with Crippen molar-refractivity contribution in [1.29, 1.82) is 0 Å². The van der Waals surface area contributed by atoms with Crippen molar-refractivity contribution in [2.24, 2.45) is 0 Å². The van der Waals surface area contributed by atoms with Gasteiger partial charge in [0.1, 0.15) is 0 Å². The lowest BCUT2D eigenvalue weighted by Crippen LogP contribution is -2.32. The smallest absolute Gasteiger partial charge is 0.269 e. The summed E-state index contributed by atoms with van der Waals surface area (Å²) in [5.74, 6) is -0.477. The molecule has 1 aliphatic rings. The highest BCUT2D eigenvalue weighted by molar-refractivity contribution is 5.83. The van der Waals surface area contributed by atoms with Gasteiger partial charge in [-0.25, -0.2) is 0 Å². The molecule has 6 heteroatoms. The zero-order valence-electron chi connectivity index (χ0n) is 12.2. The van der Waals surface area contributed by atoms with E-state index >= 15 is 0 Å². The minimum absolute atomic E-state index is 0.0160. The lowest BCUT2D eigenvalue weighted by molar-refractivity contribution is -0.384. The van der Waals surface area contributed by atoms with Gasteiger partial charge in [0.25, 0.3) is 5.69 Å². The molecule has 6 nitrogen and oxygen atoms in total. The second kappa shape index (κ2) is 7.17. The Morgan fingerprint density at radius 2 is 2.38 bits per heavy atom. The van der Waals surface area contributed by atoms with Crippen LogP contribution >= 0.6 is 0 Å². The maximum Gasteiger partial charge on any atom is 0.269 e. The molecule has 1 aromatic carbocycles. The molecule has 2 atom stereocenters. The molecular formula is C15H21N3O3. The Hall–Kier alpha value is -1.95. The van der Waals surface area contributed by atoms with E-state index in [2.05, 4.69) is 10.6 Å². The van der Waals surface area contributed by atoms with Crippen molar-refractivity contribution in [3.8, 4) is 0 Å². The van der Waals surface area contributed by atoms with Crippen LogP contribution in [-0.2, 0) is 4.79 Å². The van der Waals surface area contributed by atoms with E-state index in [0.717, 1.165) is 19.4 Å². The summed E-state index contributed by atoms with van der Waals surface area (Å²) in [6, 6.07) is 6.75. The van der Waals surface area contributed by atoms with Crippen molar-refractivity contribution < 1.29 is 9.72 Å². The number of nitrogens with zero attached hydrogens (tertiary/aromatic N) is 1. The molecule has 0 saturated carbocycles. The number of nitro benzene ring substituents is 1. The molecule has 2 N–H and O–H groups in total. The normalized spacial score (nSPS) is 19.2. The average molecular weight is 291 g/mol. The van der Waals surface area contributed by atoms with Crippen molar-refractivity contribution in [3.05, 3.63) is 39.9 Å². The molecule has 1 unspecified atom stereocenters. The summed E-state index contributed by atoms with van der Waals surface area (Å²) in [4.78, 5) is 22.4. The van der Waals surface area contributed by atoms with Gasteiger partial charge in [-0.3, -0.25) is 14.9 Å². The first kappa shape index (κ1) is 15.4. The molecule has 1 heterocycles. The van der Waals surface area contributed by atoms with Gasteiger partial charge in [-0.05, 0) is 38.3 Å². The second-order valence-electron chi connectivity index (χ2n) is 5.45. The predicted octanol–water partition coefficient (Wildman–Crippen LogP) is 1.96. The van der Waals surface area contributed by atoms with Gasteiger partial charge in [-0.15, -0.1) is 0 Å². The van der Waals surface area contributed by atoms with Gasteiger partial charge in [-0.2, -0.15) is 0 Å². The molecule has 0 spiro atoms. The number of non-ortho nitro benzene ring substituents is 1. The average Bonchev–Trinajstić information content (AvgIpc) is 2.99. The number of nitrogens with one attached hydrogen (secondary N) is 2. The molecule has 21 heavy (non-hydrogen) atoms. The lowest BCUT2D eigenvalue weighted by atomic mass is 9.99. The summed E-state index contributed by atoms with van der Waals surface area (Å²) in [5.41, 5.74) is 0.683. The SMILES string of the molecule is CC(C(=O)NCC[C@H]1CCCN1)c1cccc([N+](=O)[O-])c1. The minimum atomic E-state index is -0.445. The molecule has 0 aromatic heterocycles. The summed E-state index contributed by atoms with van der Waals surface area (Å²) < 4.78 is 0. The first-order valence-electron chi connectivity index (χ1n) is 7.33. The van der Waals surface area contributed by atoms with Gasteiger partial charge in [0.05, 0.1) is 10.8 Å². The Labute approximate surface area is 124 Å². The third-order valence-electron chi connectivity index (χ3n) is 3.93. The Balaban J connectivity index is 1.86. The molecule has 1 aliphatic heterocycles. The van der Waals surface area contributed by atoms with Gasteiger partial charge < -0.3 is 10.6 Å². The molecular weight excluding hydrogens is 270 g/mol. The van der Waals surface area contributed by atoms with Crippen molar-refractivity contribution in [2.45, 2.75) is 38.1 Å². The quantitative estimate of drug-likeness (QED) is 0.620. The Morgan fingerprint density at radius 3 is 3.05 bits per heavy atom. The monoisotopic (exact) mass is 291 g/mol. The number of benzene rings is 1. The van der Waals surface area contributed by atoms with E-state index in [9.17, 15) is 14.9 Å². The Bertz CT molecular complexity index is 513. The van der Waals surface area contributed by atoms with Gasteiger partial charge >= 0.3 is 0 Å². The van der Waals surface area contributed by atoms with E-state index < -0.39 is 4.92 Å². The third kappa shape index (κ3) is 4.26. The highest BCUT2D eigenvalue weighted by Gasteiger charge is 2.18. The lowest BCUT2D eigenvalue weighted by Gasteiger charge is -2.14. The molecule has 1 amide bonds. The van der Waals surface area contributed by atoms with Crippen LogP contribution in [-0.4, -0.2) is 30.0 Å². The van der Waals surface area contributed by atoms with Crippen LogP contribution in [0.5, 0.6) is 0 Å². The largest absolute Gasteiger partial charge is 0.356 e. The minimum Gasteiger partial charge on any atom is -0.356 e. The van der Waals surface area contributed by atoms with E-state index in [4.69, 9.17) is 0 Å². The van der Waals surface area contributed by atoms with Crippen LogP contribution in [0.15, 0.2) is 24.3 Å². The maximum absolute atomic E-state index is 12.1. The molecule has 0 bridgehead atoms. The van der Waals surface area contributed by atoms with Crippen LogP contribution in [0.2, 0.25) is 0 Å². The van der Waals surface area contributed by atoms with Crippen molar-refractivity contribution in [3.63, 3.8) is 0 Å². The number of carbonyl (C=O) groups excluding carboxylic acids is 1. The summed E-state index contributed by atoms with van der Waals surface area (Å²) in [7, 11) is 0. The topological polar surface area (TPSA) is 84.3 Å². The van der Waals surface area contributed by atoms with Crippen molar-refractivity contribution >= 4 is 11.6 Å². The molecule has 114 valence electrons. The first-order chi connectivity index (χ1) is 10.1. The third-order valence-corrected chi connectivity index (χ3v) is 3.93. The van der Waals surface area contributed by atoms with Crippen LogP contribution in [0.25, 0.3) is 0 Å². The van der Waals surface area contributed by atoms with Gasteiger partial charge in [0.15, 0.2) is 0 Å². The molecule has 0 radical (unpaired) electrons. The molecule has 1 fully saturated rings. The first-order valence-corrected chi connectivity index (χ1v) is 7.33. The summed E-state index contributed by atoms with van der Waals surface area (Å²) in [5, 5.41) is 17.1. The number of rotatable bonds is 6. The predicted molar refractivity (Wildman–Crippen MR) is 80.2 cm³/mol. The van der Waals surface area contributed by atoms with Gasteiger partial charge in [-0.1, -0.05) is 12.1 Å². The Kier molecular flexibility index (Phi) is 5.27. The van der Waals surface area contributed by atoms with E-state index in [1.54, 1.807) is 19.1 Å².